The third-order valence-corrected chi connectivity index (χ3v) is 19.6. The van der Waals surface area contributed by atoms with Crippen LogP contribution in [-0.4, -0.2) is 81.9 Å². The predicted molar refractivity (Wildman–Crippen MR) is 324 cm³/mol. The van der Waals surface area contributed by atoms with Gasteiger partial charge in [-0.1, -0.05) is 111 Å². The highest BCUT2D eigenvalue weighted by atomic mass is 32.2. The lowest BCUT2D eigenvalue weighted by atomic mass is 10.1. The number of fused-ring (bicyclic) bond motifs is 20. The maximum absolute atomic E-state index is 5.74. The van der Waals surface area contributed by atoms with Gasteiger partial charge in [-0.2, -0.15) is 0 Å². The van der Waals surface area contributed by atoms with Gasteiger partial charge in [0.25, 0.3) is 0 Å². The number of benzene rings is 4. The van der Waals surface area contributed by atoms with Crippen LogP contribution in [0.25, 0.3) is 89.7 Å². The van der Waals surface area contributed by atoms with E-state index in [1.54, 1.807) is 0 Å². The van der Waals surface area contributed by atoms with E-state index in [0.717, 1.165) is 106 Å². The number of rotatable bonds is 16. The molecule has 0 spiro atoms. The molecule has 7 aromatic rings. The van der Waals surface area contributed by atoms with Crippen molar-refractivity contribution in [2.75, 3.05) is 0 Å². The molecule has 0 amide bonds. The number of nitrogens with one attached hydrogen (secondary N) is 2. The Morgan fingerprint density at radius 1 is 0.250 bits per heavy atom. The fraction of sp³-hybridized carbons (Fsp3) is 0.429. The minimum atomic E-state index is 0.321. The first kappa shape index (κ1) is 53.9. The van der Waals surface area contributed by atoms with Crippen LogP contribution in [0.2, 0.25) is 0 Å². The van der Waals surface area contributed by atoms with Crippen molar-refractivity contribution in [3.8, 4) is 45.6 Å². The molecule has 0 unspecified atom stereocenters. The van der Waals surface area contributed by atoms with Gasteiger partial charge in [0.15, 0.2) is 23.3 Å². The van der Waals surface area contributed by atoms with Crippen LogP contribution in [0.5, 0.6) is 0 Å². The molecule has 9 rings (SSSR count). The van der Waals surface area contributed by atoms with Crippen molar-refractivity contribution < 1.29 is 0 Å². The molecule has 16 heteroatoms. The number of aromatic amines is 2. The zero-order valence-corrected chi connectivity index (χ0v) is 50.7. The zero-order valence-electron chi connectivity index (χ0n) is 44.2. The second kappa shape index (κ2) is 22.3. The molecule has 0 saturated heterocycles. The summed E-state index contributed by atoms with van der Waals surface area (Å²) in [5.41, 5.74) is 6.97. The fourth-order valence-electron chi connectivity index (χ4n) is 8.88. The van der Waals surface area contributed by atoms with Crippen LogP contribution in [0.4, 0.5) is 0 Å². The van der Waals surface area contributed by atoms with Gasteiger partial charge in [0.2, 0.25) is 0 Å². The maximum atomic E-state index is 5.74. The van der Waals surface area contributed by atoms with Crippen molar-refractivity contribution in [2.45, 2.75) is 192 Å². The quantitative estimate of drug-likeness (QED) is 0.0896. The Bertz CT molecular complexity index is 2940. The summed E-state index contributed by atoms with van der Waals surface area (Å²) in [6.07, 6.45) is 0. The molecule has 3 aromatic heterocycles. The molecule has 2 N–H and O–H groups in total. The van der Waals surface area contributed by atoms with Crippen molar-refractivity contribution in [1.29, 1.82) is 0 Å². The summed E-state index contributed by atoms with van der Waals surface area (Å²) < 4.78 is 0. The number of aromatic nitrogens is 8. The molecule has 72 heavy (non-hydrogen) atoms. The van der Waals surface area contributed by atoms with Gasteiger partial charge in [0, 0.05) is 125 Å². The van der Waals surface area contributed by atoms with Crippen LogP contribution in [0.1, 0.15) is 111 Å². The smallest absolute Gasteiger partial charge is 0.165 e. The van der Waals surface area contributed by atoms with Gasteiger partial charge in [-0.25, -0.2) is 29.9 Å². The lowest BCUT2D eigenvalue weighted by Crippen LogP contribution is -1.95. The van der Waals surface area contributed by atoms with Crippen molar-refractivity contribution in [1.82, 2.24) is 39.9 Å². The first-order valence-electron chi connectivity index (χ1n) is 25.1. The van der Waals surface area contributed by atoms with E-state index >= 15 is 0 Å². The lowest BCUT2D eigenvalue weighted by molar-refractivity contribution is 1.10. The van der Waals surface area contributed by atoms with E-state index in [9.17, 15) is 0 Å². The van der Waals surface area contributed by atoms with Gasteiger partial charge in [-0.15, -0.1) is 94.1 Å². The fourth-order valence-corrected chi connectivity index (χ4v) is 16.6. The van der Waals surface area contributed by atoms with E-state index in [1.165, 1.54) is 0 Å². The SMILES string of the molecule is CC(C)Sc1ccc(SC(C)C)c2c1-c1nc-2nc2[nH]c(nc3nc(nc4[nH]c(n1)c1c(SC(C)C)ccc(SC(C)C)c41)-c1c(SC(C)C)ccc(SC(C)C)c1-3)c1c(SC(C)C)ccc(SC(C)C)c21. The topological polar surface area (TPSA) is 109 Å². The summed E-state index contributed by atoms with van der Waals surface area (Å²) in [5, 5.41) is 6.75. The van der Waals surface area contributed by atoms with Crippen LogP contribution in [0.15, 0.2) is 87.7 Å². The summed E-state index contributed by atoms with van der Waals surface area (Å²) in [6.45, 7) is 36.0. The molecule has 8 nitrogen and oxygen atoms in total. The van der Waals surface area contributed by atoms with Gasteiger partial charge in [0.1, 0.15) is 22.6 Å². The van der Waals surface area contributed by atoms with E-state index in [1.807, 2.05) is 94.1 Å². The molecule has 8 bridgehead atoms. The van der Waals surface area contributed by atoms with Crippen LogP contribution in [0, 0.1) is 0 Å². The second-order valence-corrected chi connectivity index (χ2v) is 33.1. The third-order valence-electron chi connectivity index (χ3n) is 11.0. The van der Waals surface area contributed by atoms with Crippen molar-refractivity contribution in [3.05, 3.63) is 48.5 Å². The van der Waals surface area contributed by atoms with Crippen LogP contribution >= 0.6 is 94.1 Å². The van der Waals surface area contributed by atoms with E-state index in [-0.39, 0.29) is 0 Å². The van der Waals surface area contributed by atoms with Crippen molar-refractivity contribution >= 4 is 138 Å². The Morgan fingerprint density at radius 3 is 0.597 bits per heavy atom. The Kier molecular flexibility index (Phi) is 16.7. The van der Waals surface area contributed by atoms with Gasteiger partial charge in [-0.05, 0) is 48.5 Å². The average molecular weight is 1110 g/mol. The first-order valence-corrected chi connectivity index (χ1v) is 32.1. The van der Waals surface area contributed by atoms with Crippen LogP contribution < -0.4 is 0 Å². The van der Waals surface area contributed by atoms with Crippen LogP contribution in [-0.2, 0) is 0 Å². The first-order chi connectivity index (χ1) is 34.2. The lowest BCUT2D eigenvalue weighted by Gasteiger charge is -2.15. The van der Waals surface area contributed by atoms with Crippen molar-refractivity contribution in [2.24, 2.45) is 0 Å². The number of hydrogen-bond acceptors (Lipinski definition) is 14. The molecular formula is C56H66N8S8. The van der Waals surface area contributed by atoms with E-state index < -0.39 is 0 Å². The predicted octanol–water partition coefficient (Wildman–Crippen LogP) is 18.9. The molecule has 378 valence electrons. The number of nitrogens with zero attached hydrogens (tertiary/aromatic N) is 6. The number of thioether (sulfide) groups is 8. The monoisotopic (exact) mass is 1110 g/mol. The van der Waals surface area contributed by atoms with E-state index in [0.29, 0.717) is 65.3 Å². The summed E-state index contributed by atoms with van der Waals surface area (Å²) in [5.74, 6) is 2.56. The Morgan fingerprint density at radius 2 is 0.417 bits per heavy atom. The number of hydrogen-bond donors (Lipinski definition) is 2. The summed E-state index contributed by atoms with van der Waals surface area (Å²) in [4.78, 5) is 51.0. The number of H-pyrrole nitrogens is 2. The normalized spacial score (nSPS) is 12.8. The average Bonchev–Trinajstić information content (AvgIpc) is 4.02. The van der Waals surface area contributed by atoms with Gasteiger partial charge in [-0.3, -0.25) is 0 Å². The highest BCUT2D eigenvalue weighted by molar-refractivity contribution is 8.02. The highest BCUT2D eigenvalue weighted by Crippen LogP contribution is 2.51. The molecular weight excluding hydrogens is 1040 g/mol. The summed E-state index contributed by atoms with van der Waals surface area (Å²) >= 11 is 14.8. The van der Waals surface area contributed by atoms with Gasteiger partial charge < -0.3 is 9.97 Å². The molecule has 0 atom stereocenters. The van der Waals surface area contributed by atoms with E-state index in [4.69, 9.17) is 29.9 Å². The molecule has 0 fully saturated rings. The second-order valence-electron chi connectivity index (χ2n) is 20.2. The summed E-state index contributed by atoms with van der Waals surface area (Å²) in [6, 6.07) is 18.2. The van der Waals surface area contributed by atoms with Crippen LogP contribution in [0.3, 0.4) is 0 Å². The van der Waals surface area contributed by atoms with Gasteiger partial charge in [0.05, 0.1) is 0 Å². The minimum absolute atomic E-state index is 0.321. The van der Waals surface area contributed by atoms with Gasteiger partial charge >= 0.3 is 0 Å². The molecule has 2 aliphatic heterocycles. The minimum Gasteiger partial charge on any atom is -0.324 e. The standard InChI is InChI=1S/C56H66N8S8/c1-25(2)65-33-17-18-34(66-26(3)4)42-41(33)49-57-50(42)62-52-45-37(69-29(9)10)21-22-38(70-30(11)12)46(45)54(59-52)64-56-48-40(72-32(15)16)24-23-39(71-31(13)14)47(48)55(60-56)63-53-44-36(68-28(7)8)20-19-35(67-27(5)6)43(44)51(58-53)61-49/h17-32H,1-16H3,(H2,57,58,59,60,61,62,63,64). The molecule has 0 radical (unpaired) electrons. The Hall–Kier alpha value is -2.96. The molecule has 2 aliphatic rings. The molecule has 0 saturated carbocycles. The molecule has 4 aromatic carbocycles. The zero-order chi connectivity index (χ0) is 51.4. The summed E-state index contributed by atoms with van der Waals surface area (Å²) in [7, 11) is 0. The highest BCUT2D eigenvalue weighted by Gasteiger charge is 2.31. The Labute approximate surface area is 460 Å². The van der Waals surface area contributed by atoms with Crippen molar-refractivity contribution in [3.63, 3.8) is 0 Å². The molecule has 0 aliphatic carbocycles. The molecule has 5 heterocycles. The Balaban J connectivity index is 1.58. The maximum Gasteiger partial charge on any atom is 0.165 e. The van der Waals surface area contributed by atoms with E-state index in [2.05, 4.69) is 169 Å². The largest absolute Gasteiger partial charge is 0.324 e. The third kappa shape index (κ3) is 11.3.